The van der Waals surface area contributed by atoms with Crippen LogP contribution in [0.2, 0.25) is 0 Å². The zero-order valence-electron chi connectivity index (χ0n) is 9.24. The summed E-state index contributed by atoms with van der Waals surface area (Å²) in [5.74, 6) is -0.849. The number of allylic oxidation sites excluding steroid dienone is 1. The number of aliphatic carboxylic acids is 1. The van der Waals surface area contributed by atoms with Crippen molar-refractivity contribution < 1.29 is 9.90 Å². The third-order valence-electron chi connectivity index (χ3n) is 2.54. The summed E-state index contributed by atoms with van der Waals surface area (Å²) in [6.07, 6.45) is 0.730. The van der Waals surface area contributed by atoms with Crippen molar-refractivity contribution in [2.75, 3.05) is 0 Å². The molecule has 0 amide bonds. The molecular formula is C13H15ClO2. The van der Waals surface area contributed by atoms with Gasteiger partial charge >= 0.3 is 5.97 Å². The van der Waals surface area contributed by atoms with Crippen LogP contribution in [0.5, 0.6) is 0 Å². The first-order valence-electron chi connectivity index (χ1n) is 5.05. The highest BCUT2D eigenvalue weighted by Crippen LogP contribution is 2.31. The third-order valence-corrected chi connectivity index (χ3v) is 2.67. The number of hydrogen-bond acceptors (Lipinski definition) is 1. The predicted molar refractivity (Wildman–Crippen MR) is 65.5 cm³/mol. The van der Waals surface area contributed by atoms with E-state index >= 15 is 0 Å². The number of benzene rings is 1. The first-order chi connectivity index (χ1) is 7.44. The highest BCUT2D eigenvalue weighted by Gasteiger charge is 2.33. The van der Waals surface area contributed by atoms with Gasteiger partial charge in [-0.2, -0.15) is 0 Å². The van der Waals surface area contributed by atoms with Gasteiger partial charge in [-0.05, 0) is 25.3 Å². The summed E-state index contributed by atoms with van der Waals surface area (Å²) >= 11 is 5.71. The van der Waals surface area contributed by atoms with E-state index in [2.05, 4.69) is 6.58 Å². The summed E-state index contributed by atoms with van der Waals surface area (Å²) in [6, 6.07) is 9.53. The SMILES string of the molecule is C=C(Cl)CC(C)(Cc1ccccc1)C(=O)O. The van der Waals surface area contributed by atoms with E-state index in [9.17, 15) is 9.90 Å². The molecule has 0 aromatic heterocycles. The average Bonchev–Trinajstić information content (AvgIpc) is 2.17. The van der Waals surface area contributed by atoms with Crippen LogP contribution in [0.25, 0.3) is 0 Å². The average molecular weight is 239 g/mol. The lowest BCUT2D eigenvalue weighted by Gasteiger charge is -2.24. The molecule has 0 saturated carbocycles. The van der Waals surface area contributed by atoms with Gasteiger partial charge in [0.25, 0.3) is 0 Å². The zero-order chi connectivity index (χ0) is 12.2. The minimum atomic E-state index is -0.889. The Hall–Kier alpha value is -1.28. The molecule has 0 spiro atoms. The number of rotatable bonds is 5. The Morgan fingerprint density at radius 2 is 2.00 bits per heavy atom. The number of hydrogen-bond donors (Lipinski definition) is 1. The molecule has 0 radical (unpaired) electrons. The monoisotopic (exact) mass is 238 g/mol. The summed E-state index contributed by atoms with van der Waals surface area (Å²) < 4.78 is 0. The molecule has 0 fully saturated rings. The lowest BCUT2D eigenvalue weighted by molar-refractivity contribution is -0.147. The van der Waals surface area contributed by atoms with Crippen LogP contribution in [0.1, 0.15) is 18.9 Å². The van der Waals surface area contributed by atoms with Crippen molar-refractivity contribution in [3.63, 3.8) is 0 Å². The van der Waals surface area contributed by atoms with E-state index in [1.165, 1.54) is 0 Å². The zero-order valence-corrected chi connectivity index (χ0v) is 10.00. The van der Waals surface area contributed by atoms with E-state index in [1.807, 2.05) is 30.3 Å². The van der Waals surface area contributed by atoms with Crippen LogP contribution in [-0.4, -0.2) is 11.1 Å². The number of halogens is 1. The Balaban J connectivity index is 2.87. The fraction of sp³-hybridized carbons (Fsp3) is 0.308. The first-order valence-corrected chi connectivity index (χ1v) is 5.42. The van der Waals surface area contributed by atoms with Crippen LogP contribution in [0.3, 0.4) is 0 Å². The van der Waals surface area contributed by atoms with E-state index < -0.39 is 11.4 Å². The van der Waals surface area contributed by atoms with E-state index in [0.29, 0.717) is 11.5 Å². The van der Waals surface area contributed by atoms with Crippen LogP contribution < -0.4 is 0 Å². The van der Waals surface area contributed by atoms with Gasteiger partial charge in [0.1, 0.15) is 0 Å². The Morgan fingerprint density at radius 1 is 1.44 bits per heavy atom. The van der Waals surface area contributed by atoms with Crippen molar-refractivity contribution in [3.8, 4) is 0 Å². The number of carbonyl (C=O) groups is 1. The van der Waals surface area contributed by atoms with Crippen molar-refractivity contribution in [1.29, 1.82) is 0 Å². The van der Waals surface area contributed by atoms with Gasteiger partial charge in [0, 0.05) is 5.03 Å². The summed E-state index contributed by atoms with van der Waals surface area (Å²) in [6.45, 7) is 5.26. The van der Waals surface area contributed by atoms with Gasteiger partial charge in [-0.3, -0.25) is 4.79 Å². The second-order valence-electron chi connectivity index (χ2n) is 4.22. The molecule has 1 N–H and O–H groups in total. The molecule has 0 bridgehead atoms. The Kier molecular flexibility index (Phi) is 4.13. The minimum Gasteiger partial charge on any atom is -0.481 e. The maximum Gasteiger partial charge on any atom is 0.310 e. The van der Waals surface area contributed by atoms with Crippen molar-refractivity contribution in [2.24, 2.45) is 5.41 Å². The molecule has 0 aliphatic rings. The molecule has 1 aromatic rings. The lowest BCUT2D eigenvalue weighted by Crippen LogP contribution is -2.30. The molecule has 0 aliphatic carbocycles. The van der Waals surface area contributed by atoms with Crippen LogP contribution in [0, 0.1) is 5.41 Å². The van der Waals surface area contributed by atoms with E-state index in [4.69, 9.17) is 11.6 Å². The highest BCUT2D eigenvalue weighted by atomic mass is 35.5. The molecule has 1 unspecified atom stereocenters. The Bertz CT molecular complexity index is 386. The molecule has 86 valence electrons. The molecule has 1 aromatic carbocycles. The van der Waals surface area contributed by atoms with Gasteiger partial charge in [-0.15, -0.1) is 0 Å². The maximum absolute atomic E-state index is 11.3. The van der Waals surface area contributed by atoms with Crippen molar-refractivity contribution >= 4 is 17.6 Å². The summed E-state index contributed by atoms with van der Waals surface area (Å²) in [7, 11) is 0. The molecule has 3 heteroatoms. The molecule has 1 rings (SSSR count). The topological polar surface area (TPSA) is 37.3 Å². The van der Waals surface area contributed by atoms with Crippen LogP contribution >= 0.6 is 11.6 Å². The van der Waals surface area contributed by atoms with Crippen molar-refractivity contribution in [2.45, 2.75) is 19.8 Å². The van der Waals surface area contributed by atoms with Gasteiger partial charge in [0.15, 0.2) is 0 Å². The fourth-order valence-corrected chi connectivity index (χ4v) is 1.98. The number of carboxylic acids is 1. The molecule has 2 nitrogen and oxygen atoms in total. The summed E-state index contributed by atoms with van der Waals surface area (Å²) in [4.78, 5) is 11.3. The fourth-order valence-electron chi connectivity index (χ4n) is 1.68. The minimum absolute atomic E-state index is 0.277. The molecule has 0 saturated heterocycles. The summed E-state index contributed by atoms with van der Waals surface area (Å²) in [5.41, 5.74) is 0.102. The smallest absolute Gasteiger partial charge is 0.310 e. The maximum atomic E-state index is 11.3. The van der Waals surface area contributed by atoms with E-state index in [-0.39, 0.29) is 6.42 Å². The van der Waals surface area contributed by atoms with E-state index in [0.717, 1.165) is 5.56 Å². The van der Waals surface area contributed by atoms with Crippen molar-refractivity contribution in [3.05, 3.63) is 47.5 Å². The predicted octanol–water partition coefficient (Wildman–Crippen LogP) is 3.46. The molecule has 0 aliphatic heterocycles. The second kappa shape index (κ2) is 5.17. The van der Waals surface area contributed by atoms with Gasteiger partial charge in [-0.25, -0.2) is 0 Å². The normalized spacial score (nSPS) is 14.1. The van der Waals surface area contributed by atoms with Crippen LogP contribution in [0.4, 0.5) is 0 Å². The van der Waals surface area contributed by atoms with E-state index in [1.54, 1.807) is 6.92 Å². The third kappa shape index (κ3) is 3.38. The Labute approximate surface area is 101 Å². The van der Waals surface area contributed by atoms with Crippen LogP contribution in [0.15, 0.2) is 41.9 Å². The largest absolute Gasteiger partial charge is 0.481 e. The van der Waals surface area contributed by atoms with Gasteiger partial charge < -0.3 is 5.11 Å². The second-order valence-corrected chi connectivity index (χ2v) is 4.76. The van der Waals surface area contributed by atoms with Gasteiger partial charge in [0.2, 0.25) is 0 Å². The highest BCUT2D eigenvalue weighted by molar-refractivity contribution is 6.29. The quantitative estimate of drug-likeness (QED) is 0.853. The first kappa shape index (κ1) is 12.8. The number of carboxylic acid groups (broad SMARTS) is 1. The standard InChI is InChI=1S/C13H15ClO2/c1-10(14)8-13(2,12(15)16)9-11-6-4-3-5-7-11/h3-7H,1,8-9H2,2H3,(H,15,16). The lowest BCUT2D eigenvalue weighted by atomic mass is 9.80. The van der Waals surface area contributed by atoms with Gasteiger partial charge in [-0.1, -0.05) is 48.5 Å². The molecular weight excluding hydrogens is 224 g/mol. The Morgan fingerprint density at radius 3 is 2.44 bits per heavy atom. The molecule has 16 heavy (non-hydrogen) atoms. The van der Waals surface area contributed by atoms with Gasteiger partial charge in [0.05, 0.1) is 5.41 Å². The van der Waals surface area contributed by atoms with Crippen molar-refractivity contribution in [1.82, 2.24) is 0 Å². The molecule has 1 atom stereocenters. The van der Waals surface area contributed by atoms with Crippen LogP contribution in [-0.2, 0) is 11.2 Å². The molecule has 0 heterocycles. The summed E-state index contributed by atoms with van der Waals surface area (Å²) in [5, 5.41) is 9.62.